The van der Waals surface area contributed by atoms with Crippen LogP contribution in [0.2, 0.25) is 0 Å². The lowest BCUT2D eigenvalue weighted by molar-refractivity contribution is 0.0494. The molecule has 11 heavy (non-hydrogen) atoms. The minimum absolute atomic E-state index is 0.619. The topological polar surface area (TPSA) is 9.23 Å². The predicted octanol–water partition coefficient (Wildman–Crippen LogP) is 2.46. The maximum absolute atomic E-state index is 5.74. The standard InChI is InChI=1S/C10H18O/c1-7-3-4-9-8(2)6-11-10(9)5-7/h7-10H,3-6H2,1-2H3/t7-,8?,9+,10-/m0/s1. The van der Waals surface area contributed by atoms with Gasteiger partial charge in [0.15, 0.2) is 0 Å². The van der Waals surface area contributed by atoms with Crippen LogP contribution in [-0.4, -0.2) is 12.7 Å². The lowest BCUT2D eigenvalue weighted by Gasteiger charge is -2.30. The van der Waals surface area contributed by atoms with E-state index < -0.39 is 0 Å². The van der Waals surface area contributed by atoms with Gasteiger partial charge in [0.25, 0.3) is 0 Å². The molecule has 1 heterocycles. The second kappa shape index (κ2) is 2.78. The lowest BCUT2D eigenvalue weighted by atomic mass is 9.77. The second-order valence-corrected chi connectivity index (χ2v) is 4.43. The maximum atomic E-state index is 5.74. The SMILES string of the molecule is CC1CO[C@H]2C[C@@H](C)CC[C@H]12. The zero-order valence-electron chi connectivity index (χ0n) is 7.55. The summed E-state index contributed by atoms with van der Waals surface area (Å²) >= 11 is 0. The quantitative estimate of drug-likeness (QED) is 0.521. The van der Waals surface area contributed by atoms with Gasteiger partial charge in [-0.15, -0.1) is 0 Å². The zero-order chi connectivity index (χ0) is 7.84. The molecule has 1 saturated carbocycles. The molecule has 64 valence electrons. The Hall–Kier alpha value is -0.0400. The Bertz CT molecular complexity index is 144. The Morgan fingerprint density at radius 2 is 2.00 bits per heavy atom. The fourth-order valence-corrected chi connectivity index (χ4v) is 2.59. The van der Waals surface area contributed by atoms with Crippen molar-refractivity contribution in [1.82, 2.24) is 0 Å². The van der Waals surface area contributed by atoms with Crippen molar-refractivity contribution in [1.29, 1.82) is 0 Å². The van der Waals surface area contributed by atoms with Gasteiger partial charge >= 0.3 is 0 Å². The zero-order valence-corrected chi connectivity index (χ0v) is 7.55. The van der Waals surface area contributed by atoms with Crippen molar-refractivity contribution in [3.8, 4) is 0 Å². The van der Waals surface area contributed by atoms with Crippen molar-refractivity contribution in [3.05, 3.63) is 0 Å². The second-order valence-electron chi connectivity index (χ2n) is 4.43. The molecule has 2 aliphatic rings. The van der Waals surface area contributed by atoms with Crippen LogP contribution in [0.3, 0.4) is 0 Å². The van der Waals surface area contributed by atoms with Gasteiger partial charge in [0.2, 0.25) is 0 Å². The minimum Gasteiger partial charge on any atom is -0.378 e. The summed E-state index contributed by atoms with van der Waals surface area (Å²) in [7, 11) is 0. The van der Waals surface area contributed by atoms with Crippen molar-refractivity contribution >= 4 is 0 Å². The highest BCUT2D eigenvalue weighted by molar-refractivity contribution is 4.86. The fraction of sp³-hybridized carbons (Fsp3) is 1.00. The van der Waals surface area contributed by atoms with E-state index in [0.717, 1.165) is 24.4 Å². The molecule has 1 nitrogen and oxygen atoms in total. The summed E-state index contributed by atoms with van der Waals surface area (Å²) in [4.78, 5) is 0. The van der Waals surface area contributed by atoms with Gasteiger partial charge in [-0.3, -0.25) is 0 Å². The first-order valence-electron chi connectivity index (χ1n) is 4.89. The molecule has 0 radical (unpaired) electrons. The molecule has 0 aromatic rings. The van der Waals surface area contributed by atoms with Gasteiger partial charge in [-0.05, 0) is 30.6 Å². The van der Waals surface area contributed by atoms with Crippen molar-refractivity contribution in [3.63, 3.8) is 0 Å². The van der Waals surface area contributed by atoms with Crippen LogP contribution < -0.4 is 0 Å². The summed E-state index contributed by atoms with van der Waals surface area (Å²) in [6.45, 7) is 5.70. The van der Waals surface area contributed by atoms with E-state index in [-0.39, 0.29) is 0 Å². The minimum atomic E-state index is 0.619. The molecule has 1 aliphatic heterocycles. The van der Waals surface area contributed by atoms with Crippen molar-refractivity contribution in [2.75, 3.05) is 6.61 Å². The average molecular weight is 154 g/mol. The molecule has 0 spiro atoms. The monoisotopic (exact) mass is 154 g/mol. The Labute approximate surface area is 69.1 Å². The highest BCUT2D eigenvalue weighted by Crippen LogP contribution is 2.39. The van der Waals surface area contributed by atoms with E-state index >= 15 is 0 Å². The molecule has 2 rings (SSSR count). The van der Waals surface area contributed by atoms with Gasteiger partial charge in [0, 0.05) is 6.61 Å². The average Bonchev–Trinajstić information content (AvgIpc) is 2.32. The first-order chi connectivity index (χ1) is 5.27. The molecular formula is C10H18O. The van der Waals surface area contributed by atoms with Crippen LogP contribution in [0.1, 0.15) is 33.1 Å². The molecule has 1 saturated heterocycles. The largest absolute Gasteiger partial charge is 0.378 e. The van der Waals surface area contributed by atoms with E-state index in [2.05, 4.69) is 13.8 Å². The summed E-state index contributed by atoms with van der Waals surface area (Å²) in [6.07, 6.45) is 4.77. The molecule has 4 atom stereocenters. The number of hydrogen-bond donors (Lipinski definition) is 0. The summed E-state index contributed by atoms with van der Waals surface area (Å²) in [6, 6.07) is 0. The summed E-state index contributed by atoms with van der Waals surface area (Å²) in [5, 5.41) is 0. The molecule has 2 fully saturated rings. The van der Waals surface area contributed by atoms with Crippen LogP contribution in [0, 0.1) is 17.8 Å². The summed E-state index contributed by atoms with van der Waals surface area (Å²) in [5.41, 5.74) is 0. The third-order valence-electron chi connectivity index (χ3n) is 3.41. The van der Waals surface area contributed by atoms with E-state index in [4.69, 9.17) is 4.74 Å². The number of rotatable bonds is 0. The molecule has 0 aromatic heterocycles. The summed E-state index contributed by atoms with van der Waals surface area (Å²) in [5.74, 6) is 2.63. The van der Waals surface area contributed by atoms with Crippen molar-refractivity contribution in [2.24, 2.45) is 17.8 Å². The van der Waals surface area contributed by atoms with Crippen molar-refractivity contribution < 1.29 is 4.74 Å². The van der Waals surface area contributed by atoms with E-state index in [0.29, 0.717) is 6.10 Å². The fourth-order valence-electron chi connectivity index (χ4n) is 2.59. The smallest absolute Gasteiger partial charge is 0.0609 e. The number of hydrogen-bond acceptors (Lipinski definition) is 1. The van der Waals surface area contributed by atoms with Crippen LogP contribution in [-0.2, 0) is 4.74 Å². The van der Waals surface area contributed by atoms with E-state index in [1.807, 2.05) is 0 Å². The van der Waals surface area contributed by atoms with Gasteiger partial charge in [-0.2, -0.15) is 0 Å². The van der Waals surface area contributed by atoms with Crippen LogP contribution in [0.4, 0.5) is 0 Å². The van der Waals surface area contributed by atoms with Gasteiger partial charge in [-0.1, -0.05) is 20.3 Å². The van der Waals surface area contributed by atoms with Gasteiger partial charge < -0.3 is 4.74 Å². The van der Waals surface area contributed by atoms with Gasteiger partial charge in [-0.25, -0.2) is 0 Å². The van der Waals surface area contributed by atoms with Crippen molar-refractivity contribution in [2.45, 2.75) is 39.2 Å². The molecule has 0 aromatic carbocycles. The molecular weight excluding hydrogens is 136 g/mol. The summed E-state index contributed by atoms with van der Waals surface area (Å²) < 4.78 is 5.74. The van der Waals surface area contributed by atoms with E-state index in [9.17, 15) is 0 Å². The normalized spacial score (nSPS) is 50.7. The van der Waals surface area contributed by atoms with E-state index in [1.54, 1.807) is 0 Å². The maximum Gasteiger partial charge on any atom is 0.0609 e. The predicted molar refractivity (Wildman–Crippen MR) is 45.4 cm³/mol. The molecule has 0 N–H and O–H groups in total. The Morgan fingerprint density at radius 1 is 1.18 bits per heavy atom. The van der Waals surface area contributed by atoms with Gasteiger partial charge in [0.05, 0.1) is 6.10 Å². The van der Waals surface area contributed by atoms with E-state index in [1.165, 1.54) is 19.3 Å². The third-order valence-corrected chi connectivity index (χ3v) is 3.41. The first-order valence-corrected chi connectivity index (χ1v) is 4.89. The number of ether oxygens (including phenoxy) is 1. The lowest BCUT2D eigenvalue weighted by Crippen LogP contribution is -2.27. The molecule has 0 amide bonds. The Balaban J connectivity index is 2.00. The Morgan fingerprint density at radius 3 is 2.82 bits per heavy atom. The van der Waals surface area contributed by atoms with Crippen LogP contribution >= 0.6 is 0 Å². The highest BCUT2D eigenvalue weighted by Gasteiger charge is 2.37. The van der Waals surface area contributed by atoms with Gasteiger partial charge in [0.1, 0.15) is 0 Å². The number of fused-ring (bicyclic) bond motifs is 1. The molecule has 1 heteroatoms. The van der Waals surface area contributed by atoms with Crippen LogP contribution in [0.5, 0.6) is 0 Å². The third kappa shape index (κ3) is 1.31. The first kappa shape index (κ1) is 7.60. The van der Waals surface area contributed by atoms with Crippen LogP contribution in [0.15, 0.2) is 0 Å². The molecule has 1 aliphatic carbocycles. The highest BCUT2D eigenvalue weighted by atomic mass is 16.5. The molecule has 1 unspecified atom stereocenters. The Kier molecular flexibility index (Phi) is 1.92. The van der Waals surface area contributed by atoms with Crippen LogP contribution in [0.25, 0.3) is 0 Å². The molecule has 0 bridgehead atoms.